The summed E-state index contributed by atoms with van der Waals surface area (Å²) < 4.78 is 0. The normalized spacial score (nSPS) is 11.0. The van der Waals surface area contributed by atoms with Crippen molar-refractivity contribution in [2.45, 2.75) is 26.8 Å². The molecule has 4 rings (SSSR count). The Balaban J connectivity index is 1.62. The van der Waals surface area contributed by atoms with E-state index < -0.39 is 0 Å². The molecule has 1 amide bonds. The average Bonchev–Trinajstić information content (AvgIpc) is 3.10. The molecule has 0 aliphatic carbocycles. The monoisotopic (exact) mass is 399 g/mol. The van der Waals surface area contributed by atoms with Gasteiger partial charge in [-0.25, -0.2) is 0 Å². The fourth-order valence-corrected chi connectivity index (χ4v) is 3.67. The van der Waals surface area contributed by atoms with Crippen LogP contribution in [0, 0.1) is 13.8 Å². The number of phenols is 1. The van der Waals surface area contributed by atoms with E-state index in [1.165, 1.54) is 11.1 Å². The summed E-state index contributed by atoms with van der Waals surface area (Å²) in [7, 11) is 1.74. The number of phenolic OH excluding ortho intramolecular Hbond substituents is 1. The summed E-state index contributed by atoms with van der Waals surface area (Å²) in [4.78, 5) is 14.7. The maximum atomic E-state index is 13.1. The fourth-order valence-electron chi connectivity index (χ4n) is 3.67. The van der Waals surface area contributed by atoms with Crippen LogP contribution in [0.4, 0.5) is 0 Å². The van der Waals surface area contributed by atoms with Crippen LogP contribution in [0.15, 0.2) is 60.7 Å². The number of aryl methyl sites for hydroxylation is 2. The second-order valence-electron chi connectivity index (χ2n) is 7.90. The summed E-state index contributed by atoms with van der Waals surface area (Å²) in [5.41, 5.74) is 6.42. The number of hydrogen-bond acceptors (Lipinski definition) is 3. The van der Waals surface area contributed by atoms with Gasteiger partial charge < -0.3 is 10.0 Å². The summed E-state index contributed by atoms with van der Waals surface area (Å²) in [6.45, 7) is 4.56. The van der Waals surface area contributed by atoms with Crippen LogP contribution in [-0.4, -0.2) is 33.2 Å². The van der Waals surface area contributed by atoms with Gasteiger partial charge in [0.25, 0.3) is 5.91 Å². The van der Waals surface area contributed by atoms with E-state index in [9.17, 15) is 9.90 Å². The number of fused-ring (bicyclic) bond motifs is 1. The lowest BCUT2D eigenvalue weighted by Crippen LogP contribution is -2.26. The Morgan fingerprint density at radius 1 is 1.00 bits per heavy atom. The molecule has 5 heteroatoms. The van der Waals surface area contributed by atoms with E-state index in [2.05, 4.69) is 35.3 Å². The number of aromatic nitrogens is 2. The first-order chi connectivity index (χ1) is 14.4. The van der Waals surface area contributed by atoms with Gasteiger partial charge in [-0.15, -0.1) is 0 Å². The molecule has 0 bridgehead atoms. The molecule has 0 saturated heterocycles. The number of carbonyl (C=O) groups excluding carboxylic acids is 1. The molecular weight excluding hydrogens is 374 g/mol. The molecule has 2 N–H and O–H groups in total. The minimum Gasteiger partial charge on any atom is -0.507 e. The first-order valence-corrected chi connectivity index (χ1v) is 9.97. The van der Waals surface area contributed by atoms with Crippen molar-refractivity contribution in [1.82, 2.24) is 15.1 Å². The van der Waals surface area contributed by atoms with Crippen molar-refractivity contribution in [2.75, 3.05) is 7.05 Å². The van der Waals surface area contributed by atoms with Gasteiger partial charge in [-0.1, -0.05) is 59.7 Å². The van der Waals surface area contributed by atoms with Gasteiger partial charge in [0.1, 0.15) is 5.75 Å². The van der Waals surface area contributed by atoms with E-state index in [1.807, 2.05) is 37.3 Å². The number of aromatic hydroxyl groups is 1. The quantitative estimate of drug-likeness (QED) is 0.509. The zero-order chi connectivity index (χ0) is 21.3. The maximum absolute atomic E-state index is 13.1. The van der Waals surface area contributed by atoms with Crippen LogP contribution in [0.5, 0.6) is 5.75 Å². The van der Waals surface area contributed by atoms with Crippen LogP contribution in [0.2, 0.25) is 0 Å². The lowest BCUT2D eigenvalue weighted by atomic mass is 10.0. The number of H-pyrrole nitrogens is 1. The smallest absolute Gasteiger partial charge is 0.257 e. The maximum Gasteiger partial charge on any atom is 0.257 e. The van der Waals surface area contributed by atoms with Crippen LogP contribution in [0.25, 0.3) is 10.9 Å². The van der Waals surface area contributed by atoms with E-state index >= 15 is 0 Å². The Kier molecular flexibility index (Phi) is 5.27. The molecule has 0 aliphatic rings. The number of benzene rings is 3. The second-order valence-corrected chi connectivity index (χ2v) is 7.90. The van der Waals surface area contributed by atoms with Crippen molar-refractivity contribution in [3.05, 3.63) is 94.2 Å². The molecule has 0 saturated carbocycles. The van der Waals surface area contributed by atoms with Gasteiger partial charge in [0.05, 0.1) is 16.8 Å². The lowest BCUT2D eigenvalue weighted by Gasteiger charge is -2.18. The molecule has 1 heterocycles. The minimum atomic E-state index is -0.224. The highest BCUT2D eigenvalue weighted by Gasteiger charge is 2.19. The second kappa shape index (κ2) is 8.03. The van der Waals surface area contributed by atoms with E-state index in [-0.39, 0.29) is 17.2 Å². The first-order valence-electron chi connectivity index (χ1n) is 9.97. The van der Waals surface area contributed by atoms with Gasteiger partial charge in [-0.3, -0.25) is 9.89 Å². The standard InChI is InChI=1S/C25H25N3O2/c1-16-7-9-18(10-8-16)15-28(3)25(30)21-13-20-22(26-27-23(20)14-24(21)29)12-19-6-4-5-17(2)11-19/h4-11,13-14,29H,12,15H2,1-3H3,(H,26,27). The number of carbonyl (C=O) groups is 1. The molecular formula is C25H25N3O2. The van der Waals surface area contributed by atoms with Gasteiger partial charge in [0.2, 0.25) is 0 Å². The third-order valence-corrected chi connectivity index (χ3v) is 5.33. The van der Waals surface area contributed by atoms with Crippen molar-refractivity contribution in [2.24, 2.45) is 0 Å². The molecule has 0 atom stereocenters. The molecule has 30 heavy (non-hydrogen) atoms. The molecule has 0 radical (unpaired) electrons. The van der Waals surface area contributed by atoms with Crippen LogP contribution >= 0.6 is 0 Å². The molecule has 0 fully saturated rings. The third kappa shape index (κ3) is 4.06. The number of nitrogens with zero attached hydrogens (tertiary/aromatic N) is 2. The van der Waals surface area contributed by atoms with Gasteiger partial charge in [0.15, 0.2) is 0 Å². The van der Waals surface area contributed by atoms with E-state index in [0.717, 1.165) is 22.2 Å². The highest BCUT2D eigenvalue weighted by atomic mass is 16.3. The first kappa shape index (κ1) is 19.7. The van der Waals surface area contributed by atoms with Crippen molar-refractivity contribution in [1.29, 1.82) is 0 Å². The van der Waals surface area contributed by atoms with Crippen LogP contribution < -0.4 is 0 Å². The van der Waals surface area contributed by atoms with Crippen LogP contribution in [0.1, 0.15) is 38.3 Å². The van der Waals surface area contributed by atoms with Crippen molar-refractivity contribution >= 4 is 16.8 Å². The minimum absolute atomic E-state index is 0.0472. The van der Waals surface area contributed by atoms with E-state index in [0.29, 0.717) is 18.5 Å². The summed E-state index contributed by atoms with van der Waals surface area (Å²) in [5, 5.41) is 18.7. The summed E-state index contributed by atoms with van der Waals surface area (Å²) in [6, 6.07) is 19.7. The number of aromatic amines is 1. The lowest BCUT2D eigenvalue weighted by molar-refractivity contribution is 0.0782. The van der Waals surface area contributed by atoms with Gasteiger partial charge in [-0.05, 0) is 31.0 Å². The van der Waals surface area contributed by atoms with Gasteiger partial charge >= 0.3 is 0 Å². The summed E-state index contributed by atoms with van der Waals surface area (Å²) in [6.07, 6.45) is 0.652. The van der Waals surface area contributed by atoms with Crippen LogP contribution in [0.3, 0.4) is 0 Å². The summed E-state index contributed by atoms with van der Waals surface area (Å²) in [5.74, 6) is -0.272. The molecule has 3 aromatic carbocycles. The highest BCUT2D eigenvalue weighted by Crippen LogP contribution is 2.28. The van der Waals surface area contributed by atoms with Crippen molar-refractivity contribution in [3.8, 4) is 5.75 Å². The number of amides is 1. The summed E-state index contributed by atoms with van der Waals surface area (Å²) >= 11 is 0. The average molecular weight is 399 g/mol. The highest BCUT2D eigenvalue weighted by molar-refractivity contribution is 6.01. The Bertz CT molecular complexity index is 1210. The molecule has 4 aromatic rings. The van der Waals surface area contributed by atoms with Gasteiger partial charge in [0, 0.05) is 31.5 Å². The number of nitrogens with one attached hydrogen (secondary N) is 1. The fraction of sp³-hybridized carbons (Fsp3) is 0.200. The van der Waals surface area contributed by atoms with Crippen LogP contribution in [-0.2, 0) is 13.0 Å². The van der Waals surface area contributed by atoms with E-state index in [1.54, 1.807) is 24.1 Å². The van der Waals surface area contributed by atoms with E-state index in [4.69, 9.17) is 0 Å². The van der Waals surface area contributed by atoms with Gasteiger partial charge in [-0.2, -0.15) is 5.10 Å². The molecule has 152 valence electrons. The Labute approximate surface area is 176 Å². The number of rotatable bonds is 5. The van der Waals surface area contributed by atoms with Crippen molar-refractivity contribution < 1.29 is 9.90 Å². The Morgan fingerprint density at radius 3 is 2.50 bits per heavy atom. The Morgan fingerprint density at radius 2 is 1.77 bits per heavy atom. The van der Waals surface area contributed by atoms with Crippen molar-refractivity contribution in [3.63, 3.8) is 0 Å². The largest absolute Gasteiger partial charge is 0.507 e. The molecule has 5 nitrogen and oxygen atoms in total. The Hall–Kier alpha value is -3.60. The zero-order valence-corrected chi connectivity index (χ0v) is 17.4. The molecule has 0 spiro atoms. The molecule has 0 aliphatic heterocycles. The third-order valence-electron chi connectivity index (χ3n) is 5.33. The number of hydrogen-bond donors (Lipinski definition) is 2. The zero-order valence-electron chi connectivity index (χ0n) is 17.4. The molecule has 1 aromatic heterocycles. The topological polar surface area (TPSA) is 69.2 Å². The SMILES string of the molecule is Cc1ccc(CN(C)C(=O)c2cc3c(Cc4cccc(C)c4)n[nH]c3cc2O)cc1. The predicted octanol–water partition coefficient (Wildman–Crippen LogP) is 4.75. The molecule has 0 unspecified atom stereocenters. The predicted molar refractivity (Wildman–Crippen MR) is 119 cm³/mol.